The molecule has 0 aromatic carbocycles. The standard InChI is InChI=1S/C16H24N8O2/c1-25-8-7-24-15(20-21-22-24)13-10-23(6-9-26-13)14-11-4-2-3-5-12(11)18-16(17)19-14/h13H,2-10H2,1H3,(H2,17,18,19)/t13-/m0/s1. The zero-order valence-electron chi connectivity index (χ0n) is 15.0. The SMILES string of the molecule is COCCn1nnnc1[C@@H]1CN(c2nc(N)nc3c2CCCC3)CCO1. The summed E-state index contributed by atoms with van der Waals surface area (Å²) in [6.07, 6.45) is 4.07. The molecule has 10 heteroatoms. The molecule has 140 valence electrons. The Bertz CT molecular complexity index is 765. The average Bonchev–Trinajstić information content (AvgIpc) is 3.14. The van der Waals surface area contributed by atoms with E-state index in [0.29, 0.717) is 38.1 Å². The Morgan fingerprint density at radius 1 is 1.27 bits per heavy atom. The molecule has 10 nitrogen and oxygen atoms in total. The molecule has 4 rings (SSSR count). The molecule has 1 aliphatic carbocycles. The topological polar surface area (TPSA) is 117 Å². The molecule has 2 aromatic rings. The summed E-state index contributed by atoms with van der Waals surface area (Å²) >= 11 is 0. The first kappa shape index (κ1) is 17.1. The lowest BCUT2D eigenvalue weighted by Gasteiger charge is -2.35. The Morgan fingerprint density at radius 3 is 3.04 bits per heavy atom. The van der Waals surface area contributed by atoms with Gasteiger partial charge < -0.3 is 20.1 Å². The average molecular weight is 360 g/mol. The predicted molar refractivity (Wildman–Crippen MR) is 93.7 cm³/mol. The van der Waals surface area contributed by atoms with Crippen molar-refractivity contribution < 1.29 is 9.47 Å². The van der Waals surface area contributed by atoms with Crippen molar-refractivity contribution in [3.63, 3.8) is 0 Å². The Balaban J connectivity index is 1.58. The van der Waals surface area contributed by atoms with Gasteiger partial charge in [0.25, 0.3) is 0 Å². The quantitative estimate of drug-likeness (QED) is 0.795. The highest BCUT2D eigenvalue weighted by Crippen LogP contribution is 2.31. The molecule has 0 unspecified atom stereocenters. The summed E-state index contributed by atoms with van der Waals surface area (Å²) in [6.45, 7) is 3.12. The number of nitrogens with two attached hydrogens (primary N) is 1. The smallest absolute Gasteiger partial charge is 0.222 e. The molecule has 1 atom stereocenters. The van der Waals surface area contributed by atoms with Gasteiger partial charge in [-0.2, -0.15) is 4.98 Å². The van der Waals surface area contributed by atoms with E-state index < -0.39 is 0 Å². The van der Waals surface area contributed by atoms with Gasteiger partial charge >= 0.3 is 0 Å². The van der Waals surface area contributed by atoms with Crippen LogP contribution in [0, 0.1) is 0 Å². The molecule has 0 amide bonds. The van der Waals surface area contributed by atoms with E-state index >= 15 is 0 Å². The predicted octanol–water partition coefficient (Wildman–Crippen LogP) is 0.148. The summed E-state index contributed by atoms with van der Waals surface area (Å²) in [5.74, 6) is 1.99. The molecule has 2 N–H and O–H groups in total. The number of morpholine rings is 1. The van der Waals surface area contributed by atoms with Crippen LogP contribution < -0.4 is 10.6 Å². The number of tetrazole rings is 1. The van der Waals surface area contributed by atoms with Crippen LogP contribution in [0.5, 0.6) is 0 Å². The van der Waals surface area contributed by atoms with Gasteiger partial charge in [-0.25, -0.2) is 9.67 Å². The van der Waals surface area contributed by atoms with Crippen LogP contribution in [0.3, 0.4) is 0 Å². The van der Waals surface area contributed by atoms with Crippen molar-refractivity contribution in [2.75, 3.05) is 44.0 Å². The number of ether oxygens (including phenoxy) is 2. The molecule has 1 saturated heterocycles. The molecule has 0 saturated carbocycles. The van der Waals surface area contributed by atoms with Crippen LogP contribution in [0.15, 0.2) is 0 Å². The highest BCUT2D eigenvalue weighted by atomic mass is 16.5. The van der Waals surface area contributed by atoms with Gasteiger partial charge in [-0.1, -0.05) is 0 Å². The lowest BCUT2D eigenvalue weighted by Crippen LogP contribution is -2.41. The van der Waals surface area contributed by atoms with E-state index in [1.165, 1.54) is 5.56 Å². The Kier molecular flexibility index (Phi) is 4.93. The second kappa shape index (κ2) is 7.50. The van der Waals surface area contributed by atoms with Crippen molar-refractivity contribution in [3.05, 3.63) is 17.1 Å². The monoisotopic (exact) mass is 360 g/mol. The van der Waals surface area contributed by atoms with Crippen LogP contribution in [-0.4, -0.2) is 63.6 Å². The maximum atomic E-state index is 5.97. The molecule has 0 bridgehead atoms. The molecule has 0 radical (unpaired) electrons. The minimum Gasteiger partial charge on any atom is -0.383 e. The zero-order chi connectivity index (χ0) is 17.9. The summed E-state index contributed by atoms with van der Waals surface area (Å²) in [5.41, 5.74) is 8.28. The molecular formula is C16H24N8O2. The summed E-state index contributed by atoms with van der Waals surface area (Å²) in [4.78, 5) is 11.2. The Hall–Kier alpha value is -2.33. The lowest BCUT2D eigenvalue weighted by molar-refractivity contribution is 0.0296. The number of anilines is 2. The summed E-state index contributed by atoms with van der Waals surface area (Å²) in [5, 5.41) is 12.0. The second-order valence-electron chi connectivity index (χ2n) is 6.60. The van der Waals surface area contributed by atoms with Crippen LogP contribution >= 0.6 is 0 Å². The maximum Gasteiger partial charge on any atom is 0.222 e. The number of hydrogen-bond acceptors (Lipinski definition) is 9. The van der Waals surface area contributed by atoms with E-state index in [9.17, 15) is 0 Å². The fourth-order valence-electron chi connectivity index (χ4n) is 3.63. The third kappa shape index (κ3) is 3.34. The summed E-state index contributed by atoms with van der Waals surface area (Å²) in [7, 11) is 1.66. The van der Waals surface area contributed by atoms with Crippen LogP contribution in [0.25, 0.3) is 0 Å². The first-order valence-electron chi connectivity index (χ1n) is 9.03. The van der Waals surface area contributed by atoms with Crippen molar-refractivity contribution in [2.24, 2.45) is 0 Å². The number of rotatable bonds is 5. The second-order valence-corrected chi connectivity index (χ2v) is 6.60. The van der Waals surface area contributed by atoms with Crippen molar-refractivity contribution >= 4 is 11.8 Å². The number of aryl methyl sites for hydroxylation is 1. The fraction of sp³-hybridized carbons (Fsp3) is 0.688. The summed E-state index contributed by atoms with van der Waals surface area (Å²) < 4.78 is 12.8. The van der Waals surface area contributed by atoms with Gasteiger partial charge in [0.1, 0.15) is 11.9 Å². The van der Waals surface area contributed by atoms with E-state index in [1.54, 1.807) is 11.8 Å². The maximum absolute atomic E-state index is 5.97. The van der Waals surface area contributed by atoms with Crippen molar-refractivity contribution in [1.29, 1.82) is 0 Å². The van der Waals surface area contributed by atoms with Gasteiger partial charge in [-0.15, -0.1) is 5.10 Å². The van der Waals surface area contributed by atoms with Gasteiger partial charge in [0.05, 0.1) is 32.0 Å². The zero-order valence-corrected chi connectivity index (χ0v) is 15.0. The Morgan fingerprint density at radius 2 is 2.15 bits per heavy atom. The molecule has 1 aliphatic heterocycles. The molecular weight excluding hydrogens is 336 g/mol. The van der Waals surface area contributed by atoms with E-state index in [0.717, 1.165) is 43.7 Å². The van der Waals surface area contributed by atoms with Crippen LogP contribution in [0.2, 0.25) is 0 Å². The van der Waals surface area contributed by atoms with Gasteiger partial charge in [-0.3, -0.25) is 0 Å². The van der Waals surface area contributed by atoms with Gasteiger partial charge in [0.2, 0.25) is 5.95 Å². The highest BCUT2D eigenvalue weighted by Gasteiger charge is 2.30. The normalized spacial score (nSPS) is 20.2. The number of methoxy groups -OCH3 is 1. The largest absolute Gasteiger partial charge is 0.383 e. The number of hydrogen-bond donors (Lipinski definition) is 1. The van der Waals surface area contributed by atoms with E-state index in [4.69, 9.17) is 15.2 Å². The fourth-order valence-corrected chi connectivity index (χ4v) is 3.63. The lowest BCUT2D eigenvalue weighted by atomic mass is 9.96. The van der Waals surface area contributed by atoms with Crippen LogP contribution in [-0.2, 0) is 28.9 Å². The van der Waals surface area contributed by atoms with E-state index in [-0.39, 0.29) is 6.10 Å². The molecule has 2 aromatic heterocycles. The first-order chi connectivity index (χ1) is 12.8. The van der Waals surface area contributed by atoms with Crippen molar-refractivity contribution in [3.8, 4) is 0 Å². The third-order valence-electron chi connectivity index (χ3n) is 4.90. The number of fused-ring (bicyclic) bond motifs is 1. The number of nitrogen functional groups attached to an aromatic ring is 1. The van der Waals surface area contributed by atoms with Gasteiger partial charge in [-0.05, 0) is 36.1 Å². The summed E-state index contributed by atoms with van der Waals surface area (Å²) in [6, 6.07) is 0. The van der Waals surface area contributed by atoms with E-state index in [2.05, 4.69) is 30.4 Å². The number of aromatic nitrogens is 6. The first-order valence-corrected chi connectivity index (χ1v) is 9.03. The van der Waals surface area contributed by atoms with Crippen LogP contribution in [0.4, 0.5) is 11.8 Å². The molecule has 0 spiro atoms. The molecule has 3 heterocycles. The van der Waals surface area contributed by atoms with Crippen molar-refractivity contribution in [1.82, 2.24) is 30.2 Å². The van der Waals surface area contributed by atoms with Gasteiger partial charge in [0, 0.05) is 19.2 Å². The van der Waals surface area contributed by atoms with Gasteiger partial charge in [0.15, 0.2) is 5.82 Å². The minimum absolute atomic E-state index is 0.217. The number of nitrogens with zero attached hydrogens (tertiary/aromatic N) is 7. The third-order valence-corrected chi connectivity index (χ3v) is 4.90. The highest BCUT2D eigenvalue weighted by molar-refractivity contribution is 5.53. The minimum atomic E-state index is -0.217. The molecule has 1 fully saturated rings. The van der Waals surface area contributed by atoms with E-state index in [1.807, 2.05) is 0 Å². The molecule has 26 heavy (non-hydrogen) atoms. The van der Waals surface area contributed by atoms with Crippen LogP contribution in [0.1, 0.15) is 36.0 Å². The molecule has 2 aliphatic rings. The Labute approximate surface area is 151 Å². The van der Waals surface area contributed by atoms with Crippen molar-refractivity contribution in [2.45, 2.75) is 38.3 Å².